The molecule has 3 heterocycles. The van der Waals surface area contributed by atoms with Crippen LogP contribution in [0.2, 0.25) is 0 Å². The molecule has 2 aromatic heterocycles. The lowest BCUT2D eigenvalue weighted by atomic mass is 9.92. The molecule has 1 saturated heterocycles. The zero-order chi connectivity index (χ0) is 25.9. The van der Waals surface area contributed by atoms with Crippen LogP contribution in [-0.2, 0) is 12.0 Å². The number of nitrogens with one attached hydrogen (secondary N) is 2. The minimum atomic E-state index is -4.30. The first-order valence-corrected chi connectivity index (χ1v) is 12.3. The first-order chi connectivity index (χ1) is 17.0. The Morgan fingerprint density at radius 3 is 2.47 bits per heavy atom. The lowest BCUT2D eigenvalue weighted by Crippen LogP contribution is -2.36. The summed E-state index contributed by atoms with van der Waals surface area (Å²) in [5.41, 5.74) is 3.92. The van der Waals surface area contributed by atoms with Crippen molar-refractivity contribution in [1.29, 1.82) is 0 Å². The van der Waals surface area contributed by atoms with Crippen molar-refractivity contribution in [3.05, 3.63) is 54.0 Å². The van der Waals surface area contributed by atoms with E-state index in [4.69, 9.17) is 0 Å². The molecule has 3 aromatic rings. The summed E-state index contributed by atoms with van der Waals surface area (Å²) in [5.74, 6) is 6.23. The summed E-state index contributed by atoms with van der Waals surface area (Å²) < 4.78 is 40.8. The van der Waals surface area contributed by atoms with Gasteiger partial charge in [-0.25, -0.2) is 0 Å². The lowest BCUT2D eigenvalue weighted by Gasteiger charge is -2.30. The number of piperidine rings is 1. The van der Waals surface area contributed by atoms with Crippen LogP contribution in [0.25, 0.3) is 10.9 Å². The largest absolute Gasteiger partial charge is 0.406 e. The van der Waals surface area contributed by atoms with Gasteiger partial charge in [0.1, 0.15) is 6.54 Å². The molecule has 1 aromatic carbocycles. The van der Waals surface area contributed by atoms with Crippen LogP contribution in [0.4, 0.5) is 24.5 Å². The second kappa shape index (κ2) is 10.4. The summed E-state index contributed by atoms with van der Waals surface area (Å²) in [4.78, 5) is 6.80. The molecule has 1 aliphatic heterocycles. The maximum atomic E-state index is 13.2. The molecule has 36 heavy (non-hydrogen) atoms. The fraction of sp³-hybridized carbons (Fsp3) is 0.464. The van der Waals surface area contributed by atoms with Crippen LogP contribution in [0.3, 0.4) is 0 Å². The number of fused-ring (bicyclic) bond motifs is 1. The number of pyridine rings is 1. The number of nitrogens with zero attached hydrogens (tertiary/aromatic N) is 3. The molecule has 0 saturated carbocycles. The van der Waals surface area contributed by atoms with Crippen molar-refractivity contribution in [3.63, 3.8) is 0 Å². The molecule has 0 radical (unpaired) electrons. The molecule has 8 heteroatoms. The maximum Gasteiger partial charge on any atom is 0.406 e. The number of rotatable bonds is 5. The van der Waals surface area contributed by atoms with Crippen LogP contribution in [0.5, 0.6) is 0 Å². The summed E-state index contributed by atoms with van der Waals surface area (Å²) in [7, 11) is 2.10. The molecule has 5 nitrogen and oxygen atoms in total. The van der Waals surface area contributed by atoms with E-state index in [0.29, 0.717) is 17.6 Å². The monoisotopic (exact) mass is 497 g/mol. The Bertz CT molecular complexity index is 1230. The van der Waals surface area contributed by atoms with Gasteiger partial charge in [0, 0.05) is 40.0 Å². The van der Waals surface area contributed by atoms with Crippen molar-refractivity contribution >= 4 is 22.3 Å². The van der Waals surface area contributed by atoms with Crippen molar-refractivity contribution < 1.29 is 13.2 Å². The van der Waals surface area contributed by atoms with Gasteiger partial charge in [-0.3, -0.25) is 4.98 Å². The predicted molar refractivity (Wildman–Crippen MR) is 140 cm³/mol. The Labute approximate surface area is 211 Å². The highest BCUT2D eigenvalue weighted by molar-refractivity contribution is 5.94. The van der Waals surface area contributed by atoms with Crippen molar-refractivity contribution in [2.45, 2.75) is 57.8 Å². The lowest BCUT2D eigenvalue weighted by molar-refractivity contribution is -0.139. The van der Waals surface area contributed by atoms with E-state index in [1.807, 2.05) is 18.2 Å². The molecule has 0 aliphatic carbocycles. The predicted octanol–water partition coefficient (Wildman–Crippen LogP) is 5.87. The highest BCUT2D eigenvalue weighted by atomic mass is 19.4. The van der Waals surface area contributed by atoms with Crippen LogP contribution in [0.15, 0.2) is 42.7 Å². The highest BCUT2D eigenvalue weighted by Gasteiger charge is 2.28. The molecular formula is C28H34F3N5. The molecule has 4 rings (SSSR count). The Hall–Kier alpha value is -3.18. The number of likely N-dealkylation sites (tertiary alicyclic amines) is 1. The van der Waals surface area contributed by atoms with Gasteiger partial charge in [-0.2, -0.15) is 13.2 Å². The Balaban J connectivity index is 1.54. The highest BCUT2D eigenvalue weighted by Crippen LogP contribution is 2.30. The van der Waals surface area contributed by atoms with Gasteiger partial charge in [0.15, 0.2) is 0 Å². The molecule has 0 spiro atoms. The number of hydrogen-bond donors (Lipinski definition) is 2. The van der Waals surface area contributed by atoms with Crippen LogP contribution in [0, 0.1) is 11.8 Å². The quantitative estimate of drug-likeness (QED) is 0.433. The van der Waals surface area contributed by atoms with E-state index < -0.39 is 12.7 Å². The minimum absolute atomic E-state index is 0.0138. The van der Waals surface area contributed by atoms with E-state index in [1.54, 1.807) is 18.3 Å². The van der Waals surface area contributed by atoms with Crippen molar-refractivity contribution in [3.8, 4) is 11.8 Å². The summed E-state index contributed by atoms with van der Waals surface area (Å²) in [5, 5.41) is 7.61. The van der Waals surface area contributed by atoms with Crippen LogP contribution in [0.1, 0.15) is 44.9 Å². The molecule has 0 unspecified atom stereocenters. The van der Waals surface area contributed by atoms with Gasteiger partial charge in [-0.05, 0) is 63.3 Å². The molecule has 192 valence electrons. The number of aromatic nitrogens is 2. The Morgan fingerprint density at radius 2 is 1.83 bits per heavy atom. The number of benzene rings is 1. The second-order valence-electron chi connectivity index (χ2n) is 10.6. The van der Waals surface area contributed by atoms with Gasteiger partial charge in [-0.15, -0.1) is 0 Å². The molecule has 1 fully saturated rings. The van der Waals surface area contributed by atoms with Crippen LogP contribution >= 0.6 is 0 Å². The summed E-state index contributed by atoms with van der Waals surface area (Å²) in [6, 6.07) is 9.71. The number of halogens is 3. The van der Waals surface area contributed by atoms with E-state index in [0.717, 1.165) is 48.4 Å². The molecule has 0 bridgehead atoms. The maximum absolute atomic E-state index is 13.2. The summed E-state index contributed by atoms with van der Waals surface area (Å²) in [6.45, 7) is 7.71. The van der Waals surface area contributed by atoms with Gasteiger partial charge in [0.25, 0.3) is 0 Å². The third kappa shape index (κ3) is 6.73. The smallest absolute Gasteiger partial charge is 0.382 e. The zero-order valence-electron chi connectivity index (χ0n) is 21.3. The number of alkyl halides is 3. The normalized spacial score (nSPS) is 15.5. The average Bonchev–Trinajstić information content (AvgIpc) is 3.19. The second-order valence-corrected chi connectivity index (χ2v) is 10.6. The molecule has 2 N–H and O–H groups in total. The van der Waals surface area contributed by atoms with Crippen molar-refractivity contribution in [2.75, 3.05) is 37.3 Å². The number of anilines is 2. The Kier molecular flexibility index (Phi) is 7.51. The SMILES string of the molecule is CN1CCC(Nc2cc(C#CCNc3ccc(C(C)(C)C)nc3)cc3c2ccn3CC(F)(F)F)CC1. The standard InChI is InChI=1S/C28H34F3N5/c1-27(2,3)26-8-7-22(18-33-26)32-12-5-6-20-16-24(34-21-9-13-35(4)14-10-21)23-11-15-36(25(23)17-20)19-28(29,30)31/h7-8,11,15-18,21,32,34H,9-10,12-14,19H2,1-4H3. The summed E-state index contributed by atoms with van der Waals surface area (Å²) >= 11 is 0. The fourth-order valence-electron chi connectivity index (χ4n) is 4.43. The van der Waals surface area contributed by atoms with Gasteiger partial charge < -0.3 is 20.1 Å². The molecule has 0 atom stereocenters. The van der Waals surface area contributed by atoms with Crippen LogP contribution in [-0.4, -0.2) is 53.4 Å². The van der Waals surface area contributed by atoms with Crippen molar-refractivity contribution in [1.82, 2.24) is 14.5 Å². The van der Waals surface area contributed by atoms with Gasteiger partial charge in [0.05, 0.1) is 23.9 Å². The van der Waals surface area contributed by atoms with Gasteiger partial charge in [-0.1, -0.05) is 32.6 Å². The first-order valence-electron chi connectivity index (χ1n) is 12.3. The minimum Gasteiger partial charge on any atom is -0.382 e. The van der Waals surface area contributed by atoms with E-state index in [9.17, 15) is 13.2 Å². The topological polar surface area (TPSA) is 45.1 Å². The Morgan fingerprint density at radius 1 is 1.08 bits per heavy atom. The van der Waals surface area contributed by atoms with Gasteiger partial charge >= 0.3 is 6.18 Å². The third-order valence-corrected chi connectivity index (χ3v) is 6.46. The third-order valence-electron chi connectivity index (χ3n) is 6.46. The van der Waals surface area contributed by atoms with E-state index in [-0.39, 0.29) is 11.5 Å². The number of hydrogen-bond acceptors (Lipinski definition) is 4. The van der Waals surface area contributed by atoms with E-state index in [2.05, 4.69) is 60.2 Å². The summed E-state index contributed by atoms with van der Waals surface area (Å²) in [6.07, 6.45) is 0.981. The van der Waals surface area contributed by atoms with Crippen molar-refractivity contribution in [2.24, 2.45) is 0 Å². The van der Waals surface area contributed by atoms with Crippen LogP contribution < -0.4 is 10.6 Å². The average molecular weight is 498 g/mol. The van der Waals surface area contributed by atoms with E-state index >= 15 is 0 Å². The molecule has 0 amide bonds. The molecule has 1 aliphatic rings. The van der Waals surface area contributed by atoms with Gasteiger partial charge in [0.2, 0.25) is 0 Å². The molecular weight excluding hydrogens is 463 g/mol. The van der Waals surface area contributed by atoms with E-state index in [1.165, 1.54) is 10.8 Å². The zero-order valence-corrected chi connectivity index (χ0v) is 21.3. The first kappa shape index (κ1) is 25.9. The fourth-order valence-corrected chi connectivity index (χ4v) is 4.43.